The highest BCUT2D eigenvalue weighted by Gasteiger charge is 2.07. The molecule has 0 aliphatic carbocycles. The first-order valence-corrected chi connectivity index (χ1v) is 6.74. The number of aryl methyl sites for hydroxylation is 1. The van der Waals surface area contributed by atoms with Crippen molar-refractivity contribution in [2.24, 2.45) is 0 Å². The topological polar surface area (TPSA) is 35.2 Å². The molecule has 5 heteroatoms. The first kappa shape index (κ1) is 13.4. The molecule has 0 aliphatic heterocycles. The summed E-state index contributed by atoms with van der Waals surface area (Å²) in [6.07, 6.45) is 0. The molecular formula is C13H10Br2FNO. The lowest BCUT2D eigenvalue weighted by Gasteiger charge is -2.10. The van der Waals surface area contributed by atoms with Gasteiger partial charge in [-0.3, -0.25) is 0 Å². The third kappa shape index (κ3) is 2.84. The van der Waals surface area contributed by atoms with Crippen molar-refractivity contribution in [1.82, 2.24) is 0 Å². The van der Waals surface area contributed by atoms with Crippen molar-refractivity contribution in [2.75, 3.05) is 5.73 Å². The minimum Gasteiger partial charge on any atom is -0.456 e. The fourth-order valence-electron chi connectivity index (χ4n) is 1.42. The standard InChI is InChI=1S/C13H10Br2FNO/c1-7-4-13(10(15)6-12(7)17)18-8-2-3-9(14)11(16)5-8/h2-6H,17H2,1H3. The van der Waals surface area contributed by atoms with Crippen molar-refractivity contribution in [2.45, 2.75) is 6.92 Å². The average molecular weight is 375 g/mol. The lowest BCUT2D eigenvalue weighted by molar-refractivity contribution is 0.473. The van der Waals surface area contributed by atoms with Gasteiger partial charge in [-0.05, 0) is 68.6 Å². The highest BCUT2D eigenvalue weighted by molar-refractivity contribution is 9.10. The molecule has 0 atom stereocenters. The zero-order chi connectivity index (χ0) is 13.3. The maximum atomic E-state index is 13.4. The molecule has 0 unspecified atom stereocenters. The second-order valence-electron chi connectivity index (χ2n) is 3.82. The van der Waals surface area contributed by atoms with Crippen LogP contribution >= 0.6 is 31.9 Å². The van der Waals surface area contributed by atoms with Gasteiger partial charge >= 0.3 is 0 Å². The van der Waals surface area contributed by atoms with Crippen LogP contribution in [0.3, 0.4) is 0 Å². The lowest BCUT2D eigenvalue weighted by atomic mass is 10.2. The SMILES string of the molecule is Cc1cc(Oc2ccc(Br)c(F)c2)c(Br)cc1N. The summed E-state index contributed by atoms with van der Waals surface area (Å²) in [4.78, 5) is 0. The van der Waals surface area contributed by atoms with E-state index in [0.29, 0.717) is 21.7 Å². The Hall–Kier alpha value is -1.07. The molecule has 2 nitrogen and oxygen atoms in total. The van der Waals surface area contributed by atoms with Gasteiger partial charge in [0.05, 0.1) is 8.95 Å². The Morgan fingerprint density at radius 2 is 1.83 bits per heavy atom. The Kier molecular flexibility index (Phi) is 3.92. The van der Waals surface area contributed by atoms with E-state index in [9.17, 15) is 4.39 Å². The highest BCUT2D eigenvalue weighted by atomic mass is 79.9. The van der Waals surface area contributed by atoms with Gasteiger partial charge in [-0.1, -0.05) is 0 Å². The molecule has 0 saturated carbocycles. The van der Waals surface area contributed by atoms with E-state index in [0.717, 1.165) is 10.0 Å². The molecule has 0 amide bonds. The van der Waals surface area contributed by atoms with Crippen LogP contribution in [0.4, 0.5) is 10.1 Å². The third-order valence-corrected chi connectivity index (χ3v) is 3.70. The van der Waals surface area contributed by atoms with E-state index in [2.05, 4.69) is 31.9 Å². The number of rotatable bonds is 2. The van der Waals surface area contributed by atoms with E-state index in [-0.39, 0.29) is 5.82 Å². The quantitative estimate of drug-likeness (QED) is 0.748. The van der Waals surface area contributed by atoms with Crippen molar-refractivity contribution < 1.29 is 9.13 Å². The Bertz CT molecular complexity index is 602. The van der Waals surface area contributed by atoms with Gasteiger partial charge in [0.1, 0.15) is 17.3 Å². The van der Waals surface area contributed by atoms with E-state index >= 15 is 0 Å². The molecule has 2 aromatic rings. The summed E-state index contributed by atoms with van der Waals surface area (Å²) in [5.41, 5.74) is 7.36. The molecule has 0 spiro atoms. The van der Waals surface area contributed by atoms with Crippen molar-refractivity contribution in [3.63, 3.8) is 0 Å². The number of halogens is 3. The number of nitrogen functional groups attached to an aromatic ring is 1. The van der Waals surface area contributed by atoms with Gasteiger partial charge in [-0.25, -0.2) is 4.39 Å². The zero-order valence-corrected chi connectivity index (χ0v) is 12.7. The summed E-state index contributed by atoms with van der Waals surface area (Å²) in [6, 6.07) is 8.18. The minimum atomic E-state index is -0.365. The predicted molar refractivity (Wildman–Crippen MR) is 77.5 cm³/mol. The lowest BCUT2D eigenvalue weighted by Crippen LogP contribution is -1.93. The average Bonchev–Trinajstić information content (AvgIpc) is 2.31. The largest absolute Gasteiger partial charge is 0.456 e. The number of hydrogen-bond acceptors (Lipinski definition) is 2. The zero-order valence-electron chi connectivity index (χ0n) is 9.51. The number of nitrogens with two attached hydrogens (primary N) is 1. The van der Waals surface area contributed by atoms with Crippen molar-refractivity contribution in [1.29, 1.82) is 0 Å². The van der Waals surface area contributed by atoms with Crippen LogP contribution in [-0.2, 0) is 0 Å². The second kappa shape index (κ2) is 5.28. The van der Waals surface area contributed by atoms with Crippen molar-refractivity contribution >= 4 is 37.5 Å². The Morgan fingerprint density at radius 3 is 2.50 bits per heavy atom. The summed E-state index contributed by atoms with van der Waals surface area (Å²) in [5.74, 6) is 0.666. The summed E-state index contributed by atoms with van der Waals surface area (Å²) < 4.78 is 20.1. The van der Waals surface area contributed by atoms with Gasteiger partial charge in [0.15, 0.2) is 0 Å². The molecular weight excluding hydrogens is 365 g/mol. The number of hydrogen-bond donors (Lipinski definition) is 1. The van der Waals surface area contributed by atoms with Gasteiger partial charge in [0.25, 0.3) is 0 Å². The van der Waals surface area contributed by atoms with Crippen LogP contribution < -0.4 is 10.5 Å². The van der Waals surface area contributed by atoms with Crippen LogP contribution in [-0.4, -0.2) is 0 Å². The van der Waals surface area contributed by atoms with E-state index in [4.69, 9.17) is 10.5 Å². The third-order valence-electron chi connectivity index (χ3n) is 2.44. The molecule has 2 aromatic carbocycles. The van der Waals surface area contributed by atoms with Gasteiger partial charge in [-0.15, -0.1) is 0 Å². The van der Waals surface area contributed by atoms with Gasteiger partial charge < -0.3 is 10.5 Å². The maximum absolute atomic E-state index is 13.4. The van der Waals surface area contributed by atoms with Crippen molar-refractivity contribution in [3.05, 3.63) is 50.7 Å². The first-order valence-electron chi connectivity index (χ1n) is 5.16. The van der Waals surface area contributed by atoms with Crippen LogP contribution in [0, 0.1) is 12.7 Å². The molecule has 18 heavy (non-hydrogen) atoms. The summed E-state index contributed by atoms with van der Waals surface area (Å²) in [5, 5.41) is 0. The maximum Gasteiger partial charge on any atom is 0.142 e. The fraction of sp³-hybridized carbons (Fsp3) is 0.0769. The molecule has 0 aromatic heterocycles. The molecule has 0 heterocycles. The number of anilines is 1. The minimum absolute atomic E-state index is 0.365. The first-order chi connectivity index (χ1) is 8.47. The molecule has 0 fully saturated rings. The smallest absolute Gasteiger partial charge is 0.142 e. The highest BCUT2D eigenvalue weighted by Crippen LogP contribution is 2.34. The Morgan fingerprint density at radius 1 is 1.11 bits per heavy atom. The summed E-state index contributed by atoms with van der Waals surface area (Å²) in [6.45, 7) is 1.89. The molecule has 0 radical (unpaired) electrons. The molecule has 2 rings (SSSR count). The second-order valence-corrected chi connectivity index (χ2v) is 5.53. The summed E-state index contributed by atoms with van der Waals surface area (Å²) in [7, 11) is 0. The van der Waals surface area contributed by atoms with E-state index in [1.54, 1.807) is 24.3 Å². The van der Waals surface area contributed by atoms with Crippen LogP contribution in [0.2, 0.25) is 0 Å². The molecule has 94 valence electrons. The molecule has 0 aliphatic rings. The number of ether oxygens (including phenoxy) is 1. The van der Waals surface area contributed by atoms with Crippen LogP contribution in [0.1, 0.15) is 5.56 Å². The monoisotopic (exact) mass is 373 g/mol. The summed E-state index contributed by atoms with van der Waals surface area (Å²) >= 11 is 6.46. The van der Waals surface area contributed by atoms with Crippen LogP contribution in [0.5, 0.6) is 11.5 Å². The van der Waals surface area contributed by atoms with Gasteiger partial charge in [0.2, 0.25) is 0 Å². The normalized spacial score (nSPS) is 10.4. The fourth-order valence-corrected chi connectivity index (χ4v) is 2.10. The van der Waals surface area contributed by atoms with E-state index in [1.165, 1.54) is 6.07 Å². The Balaban J connectivity index is 2.34. The number of benzene rings is 2. The van der Waals surface area contributed by atoms with Gasteiger partial charge in [0, 0.05) is 11.8 Å². The van der Waals surface area contributed by atoms with Crippen molar-refractivity contribution in [3.8, 4) is 11.5 Å². The molecule has 2 N–H and O–H groups in total. The van der Waals surface area contributed by atoms with Crippen LogP contribution in [0.25, 0.3) is 0 Å². The predicted octanol–water partition coefficient (Wildman–Crippen LogP) is 5.03. The van der Waals surface area contributed by atoms with Gasteiger partial charge in [-0.2, -0.15) is 0 Å². The van der Waals surface area contributed by atoms with E-state index < -0.39 is 0 Å². The molecule has 0 bridgehead atoms. The van der Waals surface area contributed by atoms with Crippen LogP contribution in [0.15, 0.2) is 39.3 Å². The van der Waals surface area contributed by atoms with E-state index in [1.807, 2.05) is 6.92 Å². The Labute approximate surface area is 121 Å². The molecule has 0 saturated heterocycles.